The SMILES string of the molecule is [B]c1ccc2c(c1)Oc1c[c-]ccc1C21OC(=O)c2ccccc21.[U]. The molecule has 0 bridgehead atoms. The summed E-state index contributed by atoms with van der Waals surface area (Å²) in [5.41, 5.74) is 2.52. The Kier molecular flexibility index (Phi) is 3.83. The average molecular weight is 547 g/mol. The summed E-state index contributed by atoms with van der Waals surface area (Å²) >= 11 is 0. The number of hydrogen-bond donors (Lipinski definition) is 0. The van der Waals surface area contributed by atoms with Gasteiger partial charge in [-0.2, -0.15) is 18.2 Å². The predicted octanol–water partition coefficient (Wildman–Crippen LogP) is 2.85. The van der Waals surface area contributed by atoms with E-state index in [2.05, 4.69) is 6.07 Å². The molecule has 3 aromatic carbocycles. The normalized spacial score (nSPS) is 19.1. The summed E-state index contributed by atoms with van der Waals surface area (Å²) in [6.07, 6.45) is 0. The topological polar surface area (TPSA) is 35.5 Å². The molecule has 0 saturated heterocycles. The fraction of sp³-hybridized carbons (Fsp3) is 0.0500. The second-order valence-electron chi connectivity index (χ2n) is 5.90. The fourth-order valence-corrected chi connectivity index (χ4v) is 3.59. The number of carbonyl (C=O) groups is 1. The standard InChI is InChI=1S/C20H10BO3.U/c21-12-9-10-16-18(11-12)23-17-8-4-3-7-15(17)20(16)14-6-2-1-5-13(14)19(22)24-20;/h1-3,5-11H;/q-1;. The van der Waals surface area contributed by atoms with E-state index in [1.54, 1.807) is 30.3 Å². The van der Waals surface area contributed by atoms with Crippen molar-refractivity contribution in [2.75, 3.05) is 0 Å². The second-order valence-corrected chi connectivity index (χ2v) is 5.90. The summed E-state index contributed by atoms with van der Waals surface area (Å²) in [5.74, 6) is 0.862. The van der Waals surface area contributed by atoms with Gasteiger partial charge in [0.2, 0.25) is 0 Å². The van der Waals surface area contributed by atoms with E-state index in [9.17, 15) is 4.79 Å². The Bertz CT molecular complexity index is 1020. The van der Waals surface area contributed by atoms with E-state index in [-0.39, 0.29) is 37.1 Å². The van der Waals surface area contributed by atoms with Crippen LogP contribution in [0.15, 0.2) is 60.7 Å². The maximum atomic E-state index is 12.5. The van der Waals surface area contributed by atoms with Crippen LogP contribution in [0.5, 0.6) is 11.5 Å². The van der Waals surface area contributed by atoms with Gasteiger partial charge in [-0.25, -0.2) is 4.79 Å². The van der Waals surface area contributed by atoms with Crippen LogP contribution in [-0.4, -0.2) is 13.8 Å². The third-order valence-electron chi connectivity index (χ3n) is 4.58. The van der Waals surface area contributed by atoms with Crippen LogP contribution in [0.25, 0.3) is 0 Å². The molecule has 0 amide bonds. The van der Waals surface area contributed by atoms with E-state index in [0.717, 1.165) is 16.7 Å². The molecule has 1 atom stereocenters. The van der Waals surface area contributed by atoms with Crippen molar-refractivity contribution < 1.29 is 45.4 Å². The molecular formula is C20H10BO3U-. The molecule has 0 fully saturated rings. The zero-order chi connectivity index (χ0) is 16.3. The van der Waals surface area contributed by atoms with Gasteiger partial charge in [0.05, 0.1) is 5.56 Å². The van der Waals surface area contributed by atoms with Crippen molar-refractivity contribution in [2.24, 2.45) is 0 Å². The molecule has 1 unspecified atom stereocenters. The Labute approximate surface area is 170 Å². The van der Waals surface area contributed by atoms with E-state index in [1.807, 2.05) is 30.3 Å². The van der Waals surface area contributed by atoms with Gasteiger partial charge < -0.3 is 9.47 Å². The molecule has 3 aromatic rings. The molecule has 116 valence electrons. The minimum atomic E-state index is -1.01. The summed E-state index contributed by atoms with van der Waals surface area (Å²) < 4.78 is 12.0. The Morgan fingerprint density at radius 1 is 0.960 bits per heavy atom. The van der Waals surface area contributed by atoms with Gasteiger partial charge in [0, 0.05) is 48.0 Å². The number of hydrogen-bond acceptors (Lipinski definition) is 3. The van der Waals surface area contributed by atoms with Crippen LogP contribution in [-0.2, 0) is 10.3 Å². The van der Waals surface area contributed by atoms with Gasteiger partial charge in [0.15, 0.2) is 5.60 Å². The van der Waals surface area contributed by atoms with Gasteiger partial charge in [-0.1, -0.05) is 41.4 Å². The van der Waals surface area contributed by atoms with Crippen LogP contribution < -0.4 is 10.2 Å². The number of esters is 1. The Hall–Kier alpha value is -1.95. The van der Waals surface area contributed by atoms with Crippen molar-refractivity contribution in [1.82, 2.24) is 0 Å². The molecule has 0 aliphatic carbocycles. The Morgan fingerprint density at radius 3 is 2.64 bits per heavy atom. The minimum absolute atomic E-state index is 0. The molecule has 25 heavy (non-hydrogen) atoms. The third kappa shape index (κ3) is 2.16. The summed E-state index contributed by atoms with van der Waals surface area (Å²) in [6, 6.07) is 21.3. The zero-order valence-electron chi connectivity index (χ0n) is 13.1. The van der Waals surface area contributed by atoms with Crippen LogP contribution in [0, 0.1) is 37.2 Å². The first-order valence-corrected chi connectivity index (χ1v) is 7.61. The first-order chi connectivity index (χ1) is 11.7. The van der Waals surface area contributed by atoms with Crippen molar-refractivity contribution in [1.29, 1.82) is 0 Å². The van der Waals surface area contributed by atoms with E-state index < -0.39 is 5.60 Å². The molecule has 2 aliphatic rings. The Morgan fingerprint density at radius 2 is 1.76 bits per heavy atom. The van der Waals surface area contributed by atoms with Crippen LogP contribution >= 0.6 is 0 Å². The van der Waals surface area contributed by atoms with Gasteiger partial charge in [-0.3, -0.25) is 0 Å². The van der Waals surface area contributed by atoms with E-state index in [4.69, 9.17) is 17.3 Å². The van der Waals surface area contributed by atoms with Gasteiger partial charge in [-0.05, 0) is 12.1 Å². The van der Waals surface area contributed by atoms with Gasteiger partial charge in [0.25, 0.3) is 0 Å². The quantitative estimate of drug-likeness (QED) is 0.247. The molecule has 1 spiro atoms. The van der Waals surface area contributed by atoms with Crippen LogP contribution in [0.2, 0.25) is 0 Å². The number of carbonyl (C=O) groups excluding carboxylic acids is 1. The molecular weight excluding hydrogens is 537 g/mol. The van der Waals surface area contributed by atoms with Crippen molar-refractivity contribution in [3.63, 3.8) is 0 Å². The Balaban J connectivity index is 0.00000157. The number of ether oxygens (including phenoxy) is 2. The molecule has 2 aliphatic heterocycles. The summed E-state index contributed by atoms with van der Waals surface area (Å²) in [5, 5.41) is 0. The molecule has 0 aromatic heterocycles. The van der Waals surface area contributed by atoms with Crippen molar-refractivity contribution >= 4 is 19.3 Å². The van der Waals surface area contributed by atoms with Crippen LogP contribution in [0.1, 0.15) is 27.0 Å². The van der Waals surface area contributed by atoms with Crippen molar-refractivity contribution in [3.05, 3.63) is 89.0 Å². The monoisotopic (exact) mass is 547 g/mol. The van der Waals surface area contributed by atoms with Crippen LogP contribution in [0.4, 0.5) is 0 Å². The fourth-order valence-electron chi connectivity index (χ4n) is 3.59. The average Bonchev–Trinajstić information content (AvgIpc) is 2.89. The first kappa shape index (κ1) is 16.5. The van der Waals surface area contributed by atoms with E-state index in [1.165, 1.54) is 0 Å². The summed E-state index contributed by atoms with van der Waals surface area (Å²) in [6.45, 7) is 0. The van der Waals surface area contributed by atoms with Crippen molar-refractivity contribution in [2.45, 2.75) is 5.60 Å². The number of fused-ring (bicyclic) bond motifs is 6. The molecule has 5 heteroatoms. The summed E-state index contributed by atoms with van der Waals surface area (Å²) in [7, 11) is 5.92. The van der Waals surface area contributed by atoms with E-state index >= 15 is 0 Å². The molecule has 0 saturated carbocycles. The van der Waals surface area contributed by atoms with Gasteiger partial charge >= 0.3 is 5.97 Å². The summed E-state index contributed by atoms with van der Waals surface area (Å²) in [4.78, 5) is 12.5. The number of benzene rings is 3. The molecule has 0 N–H and O–H groups in total. The second kappa shape index (κ2) is 5.80. The molecule has 2 radical (unpaired) electrons. The predicted molar refractivity (Wildman–Crippen MR) is 88.9 cm³/mol. The van der Waals surface area contributed by atoms with Crippen molar-refractivity contribution in [3.8, 4) is 11.5 Å². The maximum Gasteiger partial charge on any atom is 0.340 e. The maximum absolute atomic E-state index is 12.5. The van der Waals surface area contributed by atoms with Crippen LogP contribution in [0.3, 0.4) is 0 Å². The van der Waals surface area contributed by atoms with E-state index in [0.29, 0.717) is 22.5 Å². The largest absolute Gasteiger partial charge is 0.516 e. The molecule has 5 rings (SSSR count). The smallest absolute Gasteiger partial charge is 0.340 e. The first-order valence-electron chi connectivity index (χ1n) is 7.61. The van der Waals surface area contributed by atoms with Gasteiger partial charge in [-0.15, -0.1) is 6.07 Å². The molecule has 3 nitrogen and oxygen atoms in total. The minimum Gasteiger partial charge on any atom is -0.516 e. The number of rotatable bonds is 0. The molecule has 2 heterocycles. The third-order valence-corrected chi connectivity index (χ3v) is 4.58. The zero-order valence-corrected chi connectivity index (χ0v) is 17.2. The van der Waals surface area contributed by atoms with Gasteiger partial charge in [0.1, 0.15) is 13.6 Å².